The van der Waals surface area contributed by atoms with Crippen LogP contribution in [-0.4, -0.2) is 66.8 Å². The van der Waals surface area contributed by atoms with Crippen molar-refractivity contribution in [3.05, 3.63) is 0 Å². The van der Waals surface area contributed by atoms with E-state index in [1.54, 1.807) is 6.92 Å². The lowest BCUT2D eigenvalue weighted by Crippen LogP contribution is -2.52. The molecule has 0 radical (unpaired) electrons. The van der Waals surface area contributed by atoms with E-state index in [4.69, 9.17) is 5.73 Å². The summed E-state index contributed by atoms with van der Waals surface area (Å²) in [5, 5.41) is 9.76. The molecule has 13 heavy (non-hydrogen) atoms. The number of aliphatic hydroxyl groups is 1. The van der Waals surface area contributed by atoms with Gasteiger partial charge < -0.3 is 15.7 Å². The van der Waals surface area contributed by atoms with Crippen molar-refractivity contribution in [3.63, 3.8) is 0 Å². The van der Waals surface area contributed by atoms with Gasteiger partial charge in [0.05, 0.1) is 5.60 Å². The van der Waals surface area contributed by atoms with Crippen molar-refractivity contribution in [2.75, 3.05) is 46.3 Å². The third-order valence-corrected chi connectivity index (χ3v) is 2.60. The fourth-order valence-electron chi connectivity index (χ4n) is 1.55. The summed E-state index contributed by atoms with van der Waals surface area (Å²) in [5.74, 6) is 0. The van der Waals surface area contributed by atoms with Crippen LogP contribution in [0.1, 0.15) is 6.92 Å². The molecule has 0 aliphatic carbocycles. The molecular formula is C9H21N3O. The summed E-state index contributed by atoms with van der Waals surface area (Å²) in [6, 6.07) is 0. The zero-order valence-electron chi connectivity index (χ0n) is 8.66. The first-order valence-corrected chi connectivity index (χ1v) is 4.87. The van der Waals surface area contributed by atoms with Crippen LogP contribution in [0.25, 0.3) is 0 Å². The number of nitrogens with two attached hydrogens (primary N) is 1. The zero-order chi connectivity index (χ0) is 9.90. The molecule has 1 fully saturated rings. The third-order valence-electron chi connectivity index (χ3n) is 2.60. The third kappa shape index (κ3) is 3.60. The highest BCUT2D eigenvalue weighted by Crippen LogP contribution is 2.07. The lowest BCUT2D eigenvalue weighted by Gasteiger charge is -2.36. The molecule has 0 bridgehead atoms. The first-order chi connectivity index (χ1) is 6.03. The minimum absolute atomic E-state index is 0.333. The molecule has 1 unspecified atom stereocenters. The van der Waals surface area contributed by atoms with Crippen LogP contribution in [0.15, 0.2) is 0 Å². The Bertz CT molecular complexity index is 153. The molecule has 1 aliphatic heterocycles. The van der Waals surface area contributed by atoms with E-state index in [9.17, 15) is 5.11 Å². The minimum Gasteiger partial charge on any atom is -0.388 e. The van der Waals surface area contributed by atoms with Gasteiger partial charge in [-0.2, -0.15) is 0 Å². The molecule has 1 saturated heterocycles. The number of β-amino-alcohol motifs (C(OH)–C–C–N with tert-alkyl or cyclic N) is 1. The van der Waals surface area contributed by atoms with E-state index in [1.807, 2.05) is 0 Å². The van der Waals surface area contributed by atoms with E-state index in [2.05, 4.69) is 16.8 Å². The van der Waals surface area contributed by atoms with Crippen LogP contribution in [0.2, 0.25) is 0 Å². The Kier molecular flexibility index (Phi) is 3.67. The van der Waals surface area contributed by atoms with Gasteiger partial charge in [0, 0.05) is 39.3 Å². The monoisotopic (exact) mass is 187 g/mol. The molecule has 0 spiro atoms. The van der Waals surface area contributed by atoms with Crippen LogP contribution < -0.4 is 5.73 Å². The highest BCUT2D eigenvalue weighted by Gasteiger charge is 2.24. The van der Waals surface area contributed by atoms with Gasteiger partial charge in [0.1, 0.15) is 0 Å². The molecule has 3 N–H and O–H groups in total. The molecule has 1 rings (SSSR count). The fraction of sp³-hybridized carbons (Fsp3) is 1.00. The normalized spacial score (nSPS) is 25.8. The molecule has 0 aromatic rings. The van der Waals surface area contributed by atoms with Crippen LogP contribution in [0.3, 0.4) is 0 Å². The van der Waals surface area contributed by atoms with Crippen molar-refractivity contribution in [3.8, 4) is 0 Å². The lowest BCUT2D eigenvalue weighted by molar-refractivity contribution is 0.0135. The quantitative estimate of drug-likeness (QED) is 0.591. The summed E-state index contributed by atoms with van der Waals surface area (Å²) in [6.07, 6.45) is 0. The standard InChI is InChI=1S/C9H21N3O/c1-9(13,7-10)8-12-5-3-11(2)4-6-12/h13H,3-8,10H2,1-2H3. The summed E-state index contributed by atoms with van der Waals surface area (Å²) in [4.78, 5) is 4.57. The van der Waals surface area contributed by atoms with Crippen molar-refractivity contribution < 1.29 is 5.11 Å². The van der Waals surface area contributed by atoms with E-state index in [0.29, 0.717) is 13.1 Å². The summed E-state index contributed by atoms with van der Waals surface area (Å²) in [7, 11) is 2.12. The summed E-state index contributed by atoms with van der Waals surface area (Å²) < 4.78 is 0. The fourth-order valence-corrected chi connectivity index (χ4v) is 1.55. The molecule has 0 saturated carbocycles. The maximum atomic E-state index is 9.76. The van der Waals surface area contributed by atoms with Crippen molar-refractivity contribution >= 4 is 0 Å². The largest absolute Gasteiger partial charge is 0.388 e. The first-order valence-electron chi connectivity index (χ1n) is 4.87. The van der Waals surface area contributed by atoms with Crippen LogP contribution in [0.4, 0.5) is 0 Å². The molecule has 1 atom stereocenters. The number of piperazine rings is 1. The van der Waals surface area contributed by atoms with Gasteiger partial charge in [-0.15, -0.1) is 0 Å². The second-order valence-electron chi connectivity index (χ2n) is 4.28. The van der Waals surface area contributed by atoms with E-state index in [1.165, 1.54) is 0 Å². The molecule has 78 valence electrons. The second kappa shape index (κ2) is 4.37. The van der Waals surface area contributed by atoms with Crippen LogP contribution in [0, 0.1) is 0 Å². The molecule has 0 amide bonds. The molecule has 4 nitrogen and oxygen atoms in total. The topological polar surface area (TPSA) is 52.7 Å². The highest BCUT2D eigenvalue weighted by molar-refractivity contribution is 4.80. The number of hydrogen-bond donors (Lipinski definition) is 2. The molecular weight excluding hydrogens is 166 g/mol. The Balaban J connectivity index is 2.30. The molecule has 1 aliphatic rings. The average molecular weight is 187 g/mol. The predicted molar refractivity (Wildman–Crippen MR) is 53.6 cm³/mol. The Morgan fingerprint density at radius 1 is 1.31 bits per heavy atom. The summed E-state index contributed by atoms with van der Waals surface area (Å²) >= 11 is 0. The van der Waals surface area contributed by atoms with Crippen LogP contribution in [0.5, 0.6) is 0 Å². The van der Waals surface area contributed by atoms with Crippen LogP contribution in [-0.2, 0) is 0 Å². The van der Waals surface area contributed by atoms with E-state index < -0.39 is 5.60 Å². The maximum absolute atomic E-state index is 9.76. The first kappa shape index (κ1) is 10.9. The Labute approximate surface area is 80.3 Å². The molecule has 4 heteroatoms. The van der Waals surface area contributed by atoms with Crippen molar-refractivity contribution in [1.82, 2.24) is 9.80 Å². The molecule has 0 aromatic heterocycles. The average Bonchev–Trinajstić information content (AvgIpc) is 2.09. The van der Waals surface area contributed by atoms with E-state index >= 15 is 0 Å². The van der Waals surface area contributed by atoms with E-state index in [0.717, 1.165) is 26.2 Å². The van der Waals surface area contributed by atoms with Gasteiger partial charge in [-0.3, -0.25) is 4.90 Å². The second-order valence-corrected chi connectivity index (χ2v) is 4.28. The zero-order valence-corrected chi connectivity index (χ0v) is 8.66. The number of likely N-dealkylation sites (N-methyl/N-ethyl adjacent to an activating group) is 1. The van der Waals surface area contributed by atoms with Crippen molar-refractivity contribution in [1.29, 1.82) is 0 Å². The van der Waals surface area contributed by atoms with Crippen molar-refractivity contribution in [2.45, 2.75) is 12.5 Å². The number of rotatable bonds is 3. The Morgan fingerprint density at radius 2 is 1.85 bits per heavy atom. The predicted octanol–water partition coefficient (Wildman–Crippen LogP) is -1.06. The van der Waals surface area contributed by atoms with Gasteiger partial charge in [0.15, 0.2) is 0 Å². The summed E-state index contributed by atoms with van der Waals surface area (Å²) in [5.41, 5.74) is 4.74. The maximum Gasteiger partial charge on any atom is 0.0867 e. The van der Waals surface area contributed by atoms with Crippen LogP contribution >= 0.6 is 0 Å². The lowest BCUT2D eigenvalue weighted by atomic mass is 10.1. The van der Waals surface area contributed by atoms with Gasteiger partial charge in [0.25, 0.3) is 0 Å². The van der Waals surface area contributed by atoms with Gasteiger partial charge in [-0.25, -0.2) is 0 Å². The van der Waals surface area contributed by atoms with Crippen molar-refractivity contribution in [2.24, 2.45) is 5.73 Å². The van der Waals surface area contributed by atoms with Gasteiger partial charge in [-0.1, -0.05) is 0 Å². The molecule has 0 aromatic carbocycles. The highest BCUT2D eigenvalue weighted by atomic mass is 16.3. The summed E-state index contributed by atoms with van der Waals surface area (Å²) in [6.45, 7) is 7.06. The van der Waals surface area contributed by atoms with Gasteiger partial charge in [0.2, 0.25) is 0 Å². The smallest absolute Gasteiger partial charge is 0.0867 e. The number of nitrogens with zero attached hydrogens (tertiary/aromatic N) is 2. The SMILES string of the molecule is CN1CCN(CC(C)(O)CN)CC1. The Morgan fingerprint density at radius 3 is 2.31 bits per heavy atom. The van der Waals surface area contributed by atoms with Gasteiger partial charge >= 0.3 is 0 Å². The Hall–Kier alpha value is -0.160. The number of hydrogen-bond acceptors (Lipinski definition) is 4. The molecule has 1 heterocycles. The van der Waals surface area contributed by atoms with Gasteiger partial charge in [-0.05, 0) is 14.0 Å². The van der Waals surface area contributed by atoms with E-state index in [-0.39, 0.29) is 0 Å². The minimum atomic E-state index is -0.726.